The minimum atomic E-state index is -0.894. The molecule has 130 valence electrons. The van der Waals surface area contributed by atoms with Crippen molar-refractivity contribution in [3.8, 4) is 5.75 Å². The van der Waals surface area contributed by atoms with Gasteiger partial charge < -0.3 is 14.7 Å². The first-order chi connectivity index (χ1) is 11.5. The minimum absolute atomic E-state index is 0.0898. The minimum Gasteiger partial charge on any atom is -0.497 e. The van der Waals surface area contributed by atoms with Crippen molar-refractivity contribution >= 4 is 0 Å². The maximum absolute atomic E-state index is 11.6. The SMILES string of the molecule is CCC(O)(c1cccc(OC)c1)C(Cc1ccccc1)CN(C)C. The van der Waals surface area contributed by atoms with Crippen LogP contribution < -0.4 is 4.74 Å². The van der Waals surface area contributed by atoms with Gasteiger partial charge in [-0.1, -0.05) is 49.4 Å². The van der Waals surface area contributed by atoms with Gasteiger partial charge in [0.1, 0.15) is 5.75 Å². The molecule has 0 bridgehead atoms. The first-order valence-electron chi connectivity index (χ1n) is 8.55. The first-order valence-corrected chi connectivity index (χ1v) is 8.55. The van der Waals surface area contributed by atoms with Crippen molar-refractivity contribution < 1.29 is 9.84 Å². The second kappa shape index (κ2) is 8.32. The van der Waals surface area contributed by atoms with Gasteiger partial charge in [-0.05, 0) is 50.2 Å². The molecule has 3 heteroatoms. The van der Waals surface area contributed by atoms with Gasteiger partial charge in [0.2, 0.25) is 0 Å². The Hall–Kier alpha value is -1.84. The van der Waals surface area contributed by atoms with Crippen molar-refractivity contribution in [1.29, 1.82) is 0 Å². The summed E-state index contributed by atoms with van der Waals surface area (Å²) in [6.07, 6.45) is 1.49. The standard InChI is InChI=1S/C21H29NO2/c1-5-21(23,18-12-9-13-20(15-18)24-4)19(16-22(2)3)14-17-10-7-6-8-11-17/h6-13,15,19,23H,5,14,16H2,1-4H3. The number of benzene rings is 2. The monoisotopic (exact) mass is 327 g/mol. The lowest BCUT2D eigenvalue weighted by atomic mass is 9.76. The second-order valence-corrected chi connectivity index (χ2v) is 6.66. The molecule has 0 amide bonds. The van der Waals surface area contributed by atoms with Gasteiger partial charge in [0.25, 0.3) is 0 Å². The Bertz CT molecular complexity index is 627. The van der Waals surface area contributed by atoms with Gasteiger partial charge in [0.05, 0.1) is 12.7 Å². The zero-order valence-corrected chi connectivity index (χ0v) is 15.2. The third kappa shape index (κ3) is 4.37. The first kappa shape index (κ1) is 18.5. The van der Waals surface area contributed by atoms with Gasteiger partial charge in [-0.25, -0.2) is 0 Å². The summed E-state index contributed by atoms with van der Waals surface area (Å²) in [7, 11) is 5.77. The number of rotatable bonds is 8. The van der Waals surface area contributed by atoms with Crippen molar-refractivity contribution in [2.75, 3.05) is 27.7 Å². The van der Waals surface area contributed by atoms with E-state index < -0.39 is 5.60 Å². The molecule has 1 N–H and O–H groups in total. The molecular weight excluding hydrogens is 298 g/mol. The van der Waals surface area contributed by atoms with Crippen LogP contribution in [0.5, 0.6) is 5.75 Å². The van der Waals surface area contributed by atoms with Gasteiger partial charge in [-0.2, -0.15) is 0 Å². The Morgan fingerprint density at radius 2 is 1.79 bits per heavy atom. The fourth-order valence-electron chi connectivity index (χ4n) is 3.34. The highest BCUT2D eigenvalue weighted by atomic mass is 16.5. The van der Waals surface area contributed by atoms with Crippen LogP contribution in [0.1, 0.15) is 24.5 Å². The van der Waals surface area contributed by atoms with Crippen LogP contribution in [0.3, 0.4) is 0 Å². The molecule has 0 radical (unpaired) electrons. The predicted molar refractivity (Wildman–Crippen MR) is 99.4 cm³/mol. The summed E-state index contributed by atoms with van der Waals surface area (Å²) in [6, 6.07) is 18.2. The Morgan fingerprint density at radius 1 is 1.08 bits per heavy atom. The van der Waals surface area contributed by atoms with Crippen LogP contribution in [0.15, 0.2) is 54.6 Å². The van der Waals surface area contributed by atoms with E-state index in [0.717, 1.165) is 24.3 Å². The molecule has 0 saturated carbocycles. The Kier molecular flexibility index (Phi) is 6.41. The van der Waals surface area contributed by atoms with E-state index in [1.165, 1.54) is 5.56 Å². The number of aliphatic hydroxyl groups is 1. The van der Waals surface area contributed by atoms with E-state index in [1.807, 2.05) is 37.3 Å². The van der Waals surface area contributed by atoms with E-state index in [9.17, 15) is 5.11 Å². The van der Waals surface area contributed by atoms with Crippen molar-refractivity contribution in [2.45, 2.75) is 25.4 Å². The van der Waals surface area contributed by atoms with Gasteiger partial charge in [0, 0.05) is 12.5 Å². The molecule has 0 aliphatic heterocycles. The molecule has 3 nitrogen and oxygen atoms in total. The van der Waals surface area contributed by atoms with Gasteiger partial charge in [-0.15, -0.1) is 0 Å². The Labute approximate surface area is 145 Å². The summed E-state index contributed by atoms with van der Waals surface area (Å²) < 4.78 is 5.35. The lowest BCUT2D eigenvalue weighted by Gasteiger charge is -2.38. The predicted octanol–water partition coefficient (Wildman–Crippen LogP) is 3.71. The van der Waals surface area contributed by atoms with Crippen molar-refractivity contribution in [2.24, 2.45) is 5.92 Å². The molecule has 0 heterocycles. The number of hydrogen-bond donors (Lipinski definition) is 1. The molecule has 0 aliphatic rings. The van der Waals surface area contributed by atoms with Gasteiger partial charge in [-0.3, -0.25) is 0 Å². The lowest BCUT2D eigenvalue weighted by Crippen LogP contribution is -2.41. The van der Waals surface area contributed by atoms with Gasteiger partial charge >= 0.3 is 0 Å². The van der Waals surface area contributed by atoms with Crippen LogP contribution in [-0.4, -0.2) is 37.8 Å². The molecule has 0 aliphatic carbocycles. The van der Waals surface area contributed by atoms with Crippen LogP contribution in [-0.2, 0) is 12.0 Å². The normalized spacial score (nSPS) is 15.1. The molecule has 2 aromatic rings. The average Bonchev–Trinajstić information content (AvgIpc) is 2.61. The fraction of sp³-hybridized carbons (Fsp3) is 0.429. The number of nitrogens with zero attached hydrogens (tertiary/aromatic N) is 1. The molecular formula is C21H29NO2. The maximum atomic E-state index is 11.6. The van der Waals surface area contributed by atoms with Crippen LogP contribution in [0.2, 0.25) is 0 Å². The van der Waals surface area contributed by atoms with Gasteiger partial charge in [0.15, 0.2) is 0 Å². The van der Waals surface area contributed by atoms with Crippen molar-refractivity contribution in [3.05, 3.63) is 65.7 Å². The summed E-state index contributed by atoms with van der Waals surface area (Å²) >= 11 is 0. The molecule has 0 aromatic heterocycles. The molecule has 2 rings (SSSR count). The zero-order valence-electron chi connectivity index (χ0n) is 15.2. The van der Waals surface area contributed by atoms with Crippen LogP contribution >= 0.6 is 0 Å². The molecule has 2 aromatic carbocycles. The molecule has 24 heavy (non-hydrogen) atoms. The number of ether oxygens (including phenoxy) is 1. The van der Waals surface area contributed by atoms with E-state index in [-0.39, 0.29) is 5.92 Å². The summed E-state index contributed by atoms with van der Waals surface area (Å²) in [6.45, 7) is 2.86. The summed E-state index contributed by atoms with van der Waals surface area (Å²) in [5, 5.41) is 11.6. The highest BCUT2D eigenvalue weighted by molar-refractivity contribution is 5.33. The lowest BCUT2D eigenvalue weighted by molar-refractivity contribution is -0.0367. The van der Waals surface area contributed by atoms with E-state index >= 15 is 0 Å². The van der Waals surface area contributed by atoms with Crippen molar-refractivity contribution in [3.63, 3.8) is 0 Å². The number of methoxy groups -OCH3 is 1. The molecule has 0 fully saturated rings. The van der Waals surface area contributed by atoms with E-state index in [2.05, 4.69) is 43.3 Å². The summed E-state index contributed by atoms with van der Waals surface area (Å²) in [4.78, 5) is 2.15. The second-order valence-electron chi connectivity index (χ2n) is 6.66. The topological polar surface area (TPSA) is 32.7 Å². The third-order valence-corrected chi connectivity index (χ3v) is 4.69. The zero-order chi connectivity index (χ0) is 17.6. The highest BCUT2D eigenvalue weighted by Crippen LogP contribution is 2.37. The fourth-order valence-corrected chi connectivity index (χ4v) is 3.34. The van der Waals surface area contributed by atoms with E-state index in [4.69, 9.17) is 4.74 Å². The summed E-state index contributed by atoms with van der Waals surface area (Å²) in [5.41, 5.74) is 1.28. The smallest absolute Gasteiger partial charge is 0.119 e. The quantitative estimate of drug-likeness (QED) is 0.802. The maximum Gasteiger partial charge on any atom is 0.119 e. The van der Waals surface area contributed by atoms with Crippen LogP contribution in [0, 0.1) is 5.92 Å². The number of hydrogen-bond acceptors (Lipinski definition) is 3. The molecule has 2 atom stereocenters. The average molecular weight is 327 g/mol. The molecule has 0 spiro atoms. The van der Waals surface area contributed by atoms with Crippen LogP contribution in [0.25, 0.3) is 0 Å². The Balaban J connectivity index is 2.38. The molecule has 0 saturated heterocycles. The largest absolute Gasteiger partial charge is 0.497 e. The molecule has 2 unspecified atom stereocenters. The third-order valence-electron chi connectivity index (χ3n) is 4.69. The van der Waals surface area contributed by atoms with Crippen molar-refractivity contribution in [1.82, 2.24) is 4.90 Å². The highest BCUT2D eigenvalue weighted by Gasteiger charge is 2.37. The van der Waals surface area contributed by atoms with E-state index in [0.29, 0.717) is 6.42 Å². The van der Waals surface area contributed by atoms with Crippen LogP contribution in [0.4, 0.5) is 0 Å². The Morgan fingerprint density at radius 3 is 2.38 bits per heavy atom. The van der Waals surface area contributed by atoms with E-state index in [1.54, 1.807) is 7.11 Å². The summed E-state index contributed by atoms with van der Waals surface area (Å²) in [5.74, 6) is 0.870.